The molecule has 0 radical (unpaired) electrons. The molecule has 0 aliphatic rings. The molecule has 1 heterocycles. The summed E-state index contributed by atoms with van der Waals surface area (Å²) in [7, 11) is 0. The number of hydrogen-bond acceptors (Lipinski definition) is 4. The first-order chi connectivity index (χ1) is 11.5. The van der Waals surface area contributed by atoms with Gasteiger partial charge in [0.15, 0.2) is 0 Å². The first-order valence-corrected chi connectivity index (χ1v) is 7.13. The van der Waals surface area contributed by atoms with Gasteiger partial charge in [0, 0.05) is 30.0 Å². The maximum Gasteiger partial charge on any atom is 0.269 e. The van der Waals surface area contributed by atoms with Crippen LogP contribution in [0.4, 0.5) is 10.1 Å². The summed E-state index contributed by atoms with van der Waals surface area (Å²) in [5, 5.41) is 10.8. The summed E-state index contributed by atoms with van der Waals surface area (Å²) in [4.78, 5) is 26.7. The lowest BCUT2D eigenvalue weighted by Crippen LogP contribution is -2.20. The van der Waals surface area contributed by atoms with E-state index in [1.807, 2.05) is 0 Å². The van der Waals surface area contributed by atoms with E-state index in [4.69, 9.17) is 11.6 Å². The highest BCUT2D eigenvalue weighted by atomic mass is 35.5. The molecule has 0 saturated carbocycles. The zero-order valence-corrected chi connectivity index (χ0v) is 12.8. The number of nitro groups is 1. The van der Waals surface area contributed by atoms with Crippen molar-refractivity contribution in [1.29, 1.82) is 0 Å². The fourth-order valence-corrected chi connectivity index (χ4v) is 2.49. The van der Waals surface area contributed by atoms with E-state index in [0.29, 0.717) is 5.56 Å². The Balaban J connectivity index is 2.21. The van der Waals surface area contributed by atoms with Crippen molar-refractivity contribution in [2.75, 3.05) is 0 Å². The predicted molar refractivity (Wildman–Crippen MR) is 86.9 cm³/mol. The van der Waals surface area contributed by atoms with Gasteiger partial charge in [-0.2, -0.15) is 0 Å². The summed E-state index contributed by atoms with van der Waals surface area (Å²) < 4.78 is 14.5. The molecule has 0 unspecified atom stereocenters. The van der Waals surface area contributed by atoms with Crippen molar-refractivity contribution in [2.45, 2.75) is 0 Å². The average molecular weight is 346 g/mol. The van der Waals surface area contributed by atoms with Crippen LogP contribution in [0.25, 0.3) is 17.1 Å². The Morgan fingerprint density at radius 1 is 1.12 bits per heavy atom. The summed E-state index contributed by atoms with van der Waals surface area (Å²) >= 11 is 6.05. The Labute approximate surface area is 139 Å². The molecule has 0 N–H and O–H groups in total. The Morgan fingerprint density at radius 3 is 2.46 bits per heavy atom. The minimum Gasteiger partial charge on any atom is -0.269 e. The maximum absolute atomic E-state index is 13.3. The molecule has 0 aliphatic heterocycles. The van der Waals surface area contributed by atoms with E-state index in [1.165, 1.54) is 53.2 Å². The fourth-order valence-electron chi connectivity index (χ4n) is 2.24. The summed E-state index contributed by atoms with van der Waals surface area (Å²) in [5.74, 6) is -0.288. The number of benzene rings is 2. The molecular formula is C16H9ClFN3O3. The molecule has 0 fully saturated rings. The van der Waals surface area contributed by atoms with E-state index < -0.39 is 16.3 Å². The largest absolute Gasteiger partial charge is 0.269 e. The Kier molecular flexibility index (Phi) is 4.09. The van der Waals surface area contributed by atoms with Crippen LogP contribution in [0.3, 0.4) is 0 Å². The average Bonchev–Trinajstić information content (AvgIpc) is 2.55. The van der Waals surface area contributed by atoms with Crippen molar-refractivity contribution in [3.8, 4) is 17.1 Å². The molecule has 0 spiro atoms. The van der Waals surface area contributed by atoms with Gasteiger partial charge in [-0.3, -0.25) is 19.5 Å². The molecule has 0 atom stereocenters. The zero-order chi connectivity index (χ0) is 17.3. The number of nitrogens with zero attached hydrogens (tertiary/aromatic N) is 3. The molecular weight excluding hydrogens is 337 g/mol. The van der Waals surface area contributed by atoms with Crippen molar-refractivity contribution in [1.82, 2.24) is 9.55 Å². The van der Waals surface area contributed by atoms with Gasteiger partial charge >= 0.3 is 0 Å². The molecule has 0 aliphatic carbocycles. The van der Waals surface area contributed by atoms with Gasteiger partial charge in [-0.1, -0.05) is 11.6 Å². The molecule has 0 amide bonds. The summed E-state index contributed by atoms with van der Waals surface area (Å²) in [5.41, 5.74) is 0.262. The van der Waals surface area contributed by atoms with Crippen molar-refractivity contribution in [2.24, 2.45) is 0 Å². The van der Waals surface area contributed by atoms with Crippen molar-refractivity contribution >= 4 is 17.3 Å². The molecule has 120 valence electrons. The smallest absolute Gasteiger partial charge is 0.269 e. The van der Waals surface area contributed by atoms with Crippen LogP contribution in [-0.2, 0) is 0 Å². The molecule has 3 aromatic rings. The number of halogens is 2. The van der Waals surface area contributed by atoms with Gasteiger partial charge in [-0.05, 0) is 30.3 Å². The molecule has 24 heavy (non-hydrogen) atoms. The van der Waals surface area contributed by atoms with Crippen LogP contribution in [0.15, 0.2) is 59.5 Å². The lowest BCUT2D eigenvalue weighted by atomic mass is 10.2. The van der Waals surface area contributed by atoms with E-state index in [9.17, 15) is 19.3 Å². The van der Waals surface area contributed by atoms with E-state index in [2.05, 4.69) is 4.98 Å². The first-order valence-electron chi connectivity index (χ1n) is 6.75. The number of nitro benzene ring substituents is 1. The minimum atomic E-state index is -0.530. The predicted octanol–water partition coefficient (Wildman–Crippen LogP) is 3.60. The Bertz CT molecular complexity index is 987. The molecule has 8 heteroatoms. The van der Waals surface area contributed by atoms with Crippen molar-refractivity contribution in [3.05, 3.63) is 86.0 Å². The second-order valence-corrected chi connectivity index (χ2v) is 5.25. The standard InChI is InChI=1S/C16H9ClFN3O3/c17-13-9-11(18)3-6-14(13)20-15(22)7-8-19-16(20)10-1-4-12(5-2-10)21(23)24/h1-9H. The molecule has 0 saturated heterocycles. The van der Waals surface area contributed by atoms with Crippen LogP contribution in [-0.4, -0.2) is 14.5 Å². The highest BCUT2D eigenvalue weighted by Gasteiger charge is 2.14. The molecule has 6 nitrogen and oxygen atoms in total. The third kappa shape index (κ3) is 2.89. The SMILES string of the molecule is O=c1ccnc(-c2ccc([N+](=O)[O-])cc2)n1-c1ccc(F)cc1Cl. The summed E-state index contributed by atoms with van der Waals surface area (Å²) in [6.07, 6.45) is 1.33. The topological polar surface area (TPSA) is 78.0 Å². The van der Waals surface area contributed by atoms with Crippen LogP contribution in [0, 0.1) is 15.9 Å². The van der Waals surface area contributed by atoms with Gasteiger partial charge in [0.25, 0.3) is 11.2 Å². The van der Waals surface area contributed by atoms with Crippen molar-refractivity contribution < 1.29 is 9.31 Å². The monoisotopic (exact) mass is 345 g/mol. The number of hydrogen-bond donors (Lipinski definition) is 0. The quantitative estimate of drug-likeness (QED) is 0.536. The van der Waals surface area contributed by atoms with Gasteiger partial charge in [0.05, 0.1) is 15.6 Å². The van der Waals surface area contributed by atoms with Gasteiger partial charge in [-0.25, -0.2) is 9.37 Å². The van der Waals surface area contributed by atoms with Gasteiger partial charge in [0.2, 0.25) is 0 Å². The molecule has 2 aromatic carbocycles. The van der Waals surface area contributed by atoms with Gasteiger partial charge in [-0.15, -0.1) is 0 Å². The van der Waals surface area contributed by atoms with Gasteiger partial charge < -0.3 is 0 Å². The fraction of sp³-hybridized carbons (Fsp3) is 0. The lowest BCUT2D eigenvalue weighted by molar-refractivity contribution is -0.384. The van der Waals surface area contributed by atoms with E-state index >= 15 is 0 Å². The molecule has 0 bridgehead atoms. The maximum atomic E-state index is 13.3. The molecule has 1 aromatic heterocycles. The normalized spacial score (nSPS) is 10.6. The van der Waals surface area contributed by atoms with E-state index in [0.717, 1.165) is 6.07 Å². The first kappa shape index (κ1) is 15.8. The van der Waals surface area contributed by atoms with Crippen molar-refractivity contribution in [3.63, 3.8) is 0 Å². The van der Waals surface area contributed by atoms with Crippen LogP contribution < -0.4 is 5.56 Å². The van der Waals surface area contributed by atoms with Crippen LogP contribution in [0.5, 0.6) is 0 Å². The summed E-state index contributed by atoms with van der Waals surface area (Å²) in [6, 6.07) is 10.5. The van der Waals surface area contributed by atoms with E-state index in [1.54, 1.807) is 0 Å². The third-order valence-electron chi connectivity index (χ3n) is 3.33. The van der Waals surface area contributed by atoms with E-state index in [-0.39, 0.29) is 22.2 Å². The second kappa shape index (κ2) is 6.21. The highest BCUT2D eigenvalue weighted by Crippen LogP contribution is 2.26. The number of non-ortho nitro benzene ring substituents is 1. The number of aromatic nitrogens is 2. The highest BCUT2D eigenvalue weighted by molar-refractivity contribution is 6.32. The van der Waals surface area contributed by atoms with Gasteiger partial charge in [0.1, 0.15) is 11.6 Å². The lowest BCUT2D eigenvalue weighted by Gasteiger charge is -2.13. The number of rotatable bonds is 3. The summed E-state index contributed by atoms with van der Waals surface area (Å²) in [6.45, 7) is 0. The zero-order valence-electron chi connectivity index (χ0n) is 12.0. The van der Waals surface area contributed by atoms with Crippen LogP contribution in [0.2, 0.25) is 5.02 Å². The van der Waals surface area contributed by atoms with Crippen LogP contribution >= 0.6 is 11.6 Å². The molecule has 3 rings (SSSR count). The van der Waals surface area contributed by atoms with Crippen LogP contribution in [0.1, 0.15) is 0 Å². The Morgan fingerprint density at radius 2 is 1.83 bits per heavy atom. The third-order valence-corrected chi connectivity index (χ3v) is 3.64. The second-order valence-electron chi connectivity index (χ2n) is 4.84. The Hall–Kier alpha value is -3.06. The minimum absolute atomic E-state index is 0.0493.